The van der Waals surface area contributed by atoms with Crippen LogP contribution in [-0.4, -0.2) is 30.1 Å². The van der Waals surface area contributed by atoms with Gasteiger partial charge in [-0.1, -0.05) is 0 Å². The Bertz CT molecular complexity index is 832. The summed E-state index contributed by atoms with van der Waals surface area (Å²) in [5.41, 5.74) is 2.60. The average Bonchev–Trinajstić information content (AvgIpc) is 2.90. The van der Waals surface area contributed by atoms with Crippen molar-refractivity contribution in [3.63, 3.8) is 0 Å². The first kappa shape index (κ1) is 13.7. The molecule has 0 fully saturated rings. The van der Waals surface area contributed by atoms with Crippen LogP contribution in [0.3, 0.4) is 0 Å². The second kappa shape index (κ2) is 5.64. The third kappa shape index (κ3) is 2.79. The second-order valence-corrected chi connectivity index (χ2v) is 6.71. The van der Waals surface area contributed by atoms with E-state index in [1.165, 1.54) is 0 Å². The SMILES string of the molecule is Cc1ccc(-n2nc(C(=O)c3ccccc3)[se]c2=N)cc1. The van der Waals surface area contributed by atoms with Crippen LogP contribution in [0.5, 0.6) is 0 Å². The van der Waals surface area contributed by atoms with Crippen molar-refractivity contribution in [1.29, 1.82) is 5.41 Å². The molecule has 4 nitrogen and oxygen atoms in total. The van der Waals surface area contributed by atoms with E-state index in [-0.39, 0.29) is 20.3 Å². The van der Waals surface area contributed by atoms with Gasteiger partial charge in [0, 0.05) is 0 Å². The van der Waals surface area contributed by atoms with Gasteiger partial charge in [0.25, 0.3) is 0 Å². The summed E-state index contributed by atoms with van der Waals surface area (Å²) in [6.45, 7) is 2.01. The fourth-order valence-corrected chi connectivity index (χ4v) is 3.53. The summed E-state index contributed by atoms with van der Waals surface area (Å²) in [4.78, 5) is 12.4. The number of ketones is 1. The fraction of sp³-hybridized carbons (Fsp3) is 0.0625. The number of hydrogen-bond donors (Lipinski definition) is 1. The third-order valence-electron chi connectivity index (χ3n) is 3.09. The summed E-state index contributed by atoms with van der Waals surface area (Å²) in [6, 6.07) is 16.9. The van der Waals surface area contributed by atoms with Crippen molar-refractivity contribution >= 4 is 20.3 Å². The van der Waals surface area contributed by atoms with Crippen LogP contribution in [0.15, 0.2) is 54.6 Å². The van der Waals surface area contributed by atoms with E-state index in [1.54, 1.807) is 16.8 Å². The van der Waals surface area contributed by atoms with Crippen molar-refractivity contribution in [3.05, 3.63) is 74.7 Å². The Hall–Kier alpha value is -2.23. The first-order chi connectivity index (χ1) is 10.1. The molecule has 3 rings (SSSR count). The van der Waals surface area contributed by atoms with Crippen molar-refractivity contribution in [1.82, 2.24) is 9.78 Å². The molecule has 0 amide bonds. The molecule has 0 bridgehead atoms. The predicted molar refractivity (Wildman–Crippen MR) is 81.0 cm³/mol. The van der Waals surface area contributed by atoms with Gasteiger partial charge in [-0.3, -0.25) is 0 Å². The maximum atomic E-state index is 12.4. The molecule has 0 aliphatic carbocycles. The molecule has 0 radical (unpaired) electrons. The summed E-state index contributed by atoms with van der Waals surface area (Å²) in [5.74, 6) is -0.0880. The van der Waals surface area contributed by atoms with Gasteiger partial charge in [0.1, 0.15) is 0 Å². The minimum absolute atomic E-state index is 0.0880. The molecule has 0 saturated heterocycles. The van der Waals surface area contributed by atoms with E-state index in [4.69, 9.17) is 5.41 Å². The van der Waals surface area contributed by atoms with Crippen molar-refractivity contribution in [3.8, 4) is 5.69 Å². The zero-order chi connectivity index (χ0) is 14.8. The van der Waals surface area contributed by atoms with Gasteiger partial charge in [-0.05, 0) is 0 Å². The number of rotatable bonds is 3. The molecule has 0 aliphatic heterocycles. The summed E-state index contributed by atoms with van der Waals surface area (Å²) in [6.07, 6.45) is 0. The molecule has 0 saturated carbocycles. The van der Waals surface area contributed by atoms with Crippen molar-refractivity contribution in [2.24, 2.45) is 0 Å². The van der Waals surface area contributed by atoms with Gasteiger partial charge in [-0.25, -0.2) is 0 Å². The predicted octanol–water partition coefficient (Wildman–Crippen LogP) is 1.95. The number of benzene rings is 2. The molecule has 104 valence electrons. The standard InChI is InChI=1S/C16H13N3OSe/c1-11-7-9-13(10-8-11)19-16(17)21-15(18-19)14(20)12-5-3-2-4-6-12/h2-10,17H,1H3. The van der Waals surface area contributed by atoms with Gasteiger partial charge in [0.2, 0.25) is 0 Å². The van der Waals surface area contributed by atoms with Crippen LogP contribution < -0.4 is 4.36 Å². The Balaban J connectivity index is 2.00. The Labute approximate surface area is 127 Å². The van der Waals surface area contributed by atoms with Crippen LogP contribution in [0, 0.1) is 12.3 Å². The second-order valence-electron chi connectivity index (χ2n) is 4.65. The molecule has 21 heavy (non-hydrogen) atoms. The molecule has 1 N–H and O–H groups in total. The zero-order valence-electron chi connectivity index (χ0n) is 11.4. The van der Waals surface area contributed by atoms with Crippen molar-refractivity contribution in [2.75, 3.05) is 0 Å². The number of aromatic nitrogens is 2. The van der Waals surface area contributed by atoms with E-state index >= 15 is 0 Å². The number of nitrogens with zero attached hydrogens (tertiary/aromatic N) is 2. The average molecular weight is 342 g/mol. The quantitative estimate of drug-likeness (QED) is 0.584. The Kier molecular flexibility index (Phi) is 3.69. The van der Waals surface area contributed by atoms with Gasteiger partial charge >= 0.3 is 128 Å². The van der Waals surface area contributed by atoms with Crippen LogP contribution >= 0.6 is 0 Å². The number of carbonyl (C=O) groups is 1. The maximum absolute atomic E-state index is 12.4. The molecule has 0 spiro atoms. The molecule has 0 unspecified atom stereocenters. The Morgan fingerprint density at radius 1 is 1.10 bits per heavy atom. The number of carbonyl (C=O) groups excluding carboxylic acids is 1. The van der Waals surface area contributed by atoms with E-state index in [1.807, 2.05) is 49.4 Å². The molecule has 0 atom stereocenters. The fourth-order valence-electron chi connectivity index (χ4n) is 1.96. The molecule has 3 aromatic rings. The zero-order valence-corrected chi connectivity index (χ0v) is 13.1. The van der Waals surface area contributed by atoms with E-state index in [2.05, 4.69) is 5.10 Å². The normalized spacial score (nSPS) is 10.5. The van der Waals surface area contributed by atoms with Crippen LogP contribution in [0.1, 0.15) is 20.5 Å². The summed E-state index contributed by atoms with van der Waals surface area (Å²) < 4.78 is 2.40. The number of nitrogens with one attached hydrogen (secondary N) is 1. The van der Waals surface area contributed by atoms with Crippen LogP contribution in [0.4, 0.5) is 0 Å². The van der Waals surface area contributed by atoms with Gasteiger partial charge < -0.3 is 0 Å². The van der Waals surface area contributed by atoms with Gasteiger partial charge in [-0.2, -0.15) is 0 Å². The van der Waals surface area contributed by atoms with E-state index in [9.17, 15) is 4.79 Å². The van der Waals surface area contributed by atoms with E-state index < -0.39 is 0 Å². The first-order valence-corrected chi connectivity index (χ1v) is 8.18. The molecule has 0 aliphatic rings. The summed E-state index contributed by atoms with van der Waals surface area (Å²) >= 11 is -0.349. The molecule has 5 heteroatoms. The first-order valence-electron chi connectivity index (χ1n) is 6.47. The Morgan fingerprint density at radius 2 is 1.76 bits per heavy atom. The molecule has 1 heterocycles. The third-order valence-corrected chi connectivity index (χ3v) is 4.82. The molecular weight excluding hydrogens is 329 g/mol. The van der Waals surface area contributed by atoms with Crippen LogP contribution in [0.25, 0.3) is 5.69 Å². The molecular formula is C16H13N3OSe. The van der Waals surface area contributed by atoms with Crippen molar-refractivity contribution in [2.45, 2.75) is 6.92 Å². The van der Waals surface area contributed by atoms with Gasteiger partial charge in [0.15, 0.2) is 0 Å². The van der Waals surface area contributed by atoms with E-state index in [0.29, 0.717) is 14.5 Å². The molecule has 1 aromatic heterocycles. The number of hydrogen-bond acceptors (Lipinski definition) is 3. The minimum atomic E-state index is -0.349. The number of aryl methyl sites for hydroxylation is 1. The van der Waals surface area contributed by atoms with Crippen LogP contribution in [-0.2, 0) is 0 Å². The summed E-state index contributed by atoms with van der Waals surface area (Å²) in [7, 11) is 0. The van der Waals surface area contributed by atoms with Crippen molar-refractivity contribution < 1.29 is 4.79 Å². The van der Waals surface area contributed by atoms with Gasteiger partial charge in [-0.15, -0.1) is 0 Å². The van der Waals surface area contributed by atoms with Crippen LogP contribution in [0.2, 0.25) is 0 Å². The van der Waals surface area contributed by atoms with E-state index in [0.717, 1.165) is 11.3 Å². The monoisotopic (exact) mass is 343 g/mol. The van der Waals surface area contributed by atoms with Gasteiger partial charge in [0.05, 0.1) is 0 Å². The summed E-state index contributed by atoms with van der Waals surface area (Å²) in [5, 5.41) is 12.4. The topological polar surface area (TPSA) is 58.7 Å². The Morgan fingerprint density at radius 3 is 2.43 bits per heavy atom. The molecule has 2 aromatic carbocycles.